The Kier molecular flexibility index (Phi) is 3.14. The smallest absolute Gasteiger partial charge is 0.238 e. The third kappa shape index (κ3) is 1.75. The zero-order valence-corrected chi connectivity index (χ0v) is 15.2. The predicted octanol–water partition coefficient (Wildman–Crippen LogP) is 4.94. The van der Waals surface area contributed by atoms with Crippen LogP contribution in [0.1, 0.15) is 23.1 Å². The number of rotatable bonds is 2. The second-order valence-electron chi connectivity index (χ2n) is 7.25. The maximum atomic E-state index is 13.5. The first-order valence-electron chi connectivity index (χ1n) is 8.80. The molecule has 26 heavy (non-hydrogen) atoms. The molecule has 2 aliphatic rings. The fraction of sp³-hybridized carbons (Fsp3) is 0.174. The number of nitrogens with zero attached hydrogens (tertiary/aromatic N) is 1. The summed E-state index contributed by atoms with van der Waals surface area (Å²) in [6.07, 6.45) is 0.768. The van der Waals surface area contributed by atoms with Crippen molar-refractivity contribution in [2.45, 2.75) is 17.3 Å². The molecular formula is C23H18ClNO. The van der Waals surface area contributed by atoms with Gasteiger partial charge >= 0.3 is 0 Å². The number of amides is 1. The van der Waals surface area contributed by atoms with Crippen molar-refractivity contribution in [2.24, 2.45) is 0 Å². The molecule has 3 aromatic carbocycles. The van der Waals surface area contributed by atoms with E-state index in [-0.39, 0.29) is 11.3 Å². The van der Waals surface area contributed by atoms with Crippen LogP contribution in [-0.2, 0) is 15.6 Å². The molecule has 0 radical (unpaired) electrons. The van der Waals surface area contributed by atoms with Crippen molar-refractivity contribution in [1.29, 1.82) is 0 Å². The lowest BCUT2D eigenvalue weighted by Gasteiger charge is -2.24. The highest BCUT2D eigenvalue weighted by atomic mass is 35.5. The predicted molar refractivity (Wildman–Crippen MR) is 105 cm³/mol. The number of carbonyl (C=O) groups is 1. The third-order valence-electron chi connectivity index (χ3n) is 6.12. The van der Waals surface area contributed by atoms with Gasteiger partial charge in [0, 0.05) is 23.2 Å². The molecule has 1 aliphatic heterocycles. The molecular weight excluding hydrogens is 342 g/mol. The summed E-state index contributed by atoms with van der Waals surface area (Å²) >= 11 is 6.33. The normalized spacial score (nSPS) is 22.5. The van der Waals surface area contributed by atoms with Crippen LogP contribution in [0.3, 0.4) is 0 Å². The largest absolute Gasteiger partial charge is 0.314 e. The summed E-state index contributed by atoms with van der Waals surface area (Å²) in [4.78, 5) is 15.3. The van der Waals surface area contributed by atoms with Crippen molar-refractivity contribution >= 4 is 23.2 Å². The maximum absolute atomic E-state index is 13.5. The van der Waals surface area contributed by atoms with Crippen molar-refractivity contribution in [3.8, 4) is 0 Å². The molecule has 0 aromatic heterocycles. The van der Waals surface area contributed by atoms with Crippen LogP contribution in [0.2, 0.25) is 5.02 Å². The molecule has 0 N–H and O–H groups in total. The zero-order chi connectivity index (χ0) is 17.9. The van der Waals surface area contributed by atoms with E-state index < -0.39 is 5.41 Å². The van der Waals surface area contributed by atoms with Gasteiger partial charge in [-0.25, -0.2) is 0 Å². The zero-order valence-electron chi connectivity index (χ0n) is 14.4. The molecule has 3 heteroatoms. The number of likely N-dealkylation sites (N-methyl/N-ethyl adjacent to an activating group) is 1. The topological polar surface area (TPSA) is 20.3 Å². The van der Waals surface area contributed by atoms with Gasteiger partial charge in [-0.1, -0.05) is 72.3 Å². The fourth-order valence-electron chi connectivity index (χ4n) is 4.90. The average molecular weight is 360 g/mol. The first-order valence-corrected chi connectivity index (χ1v) is 9.18. The van der Waals surface area contributed by atoms with Crippen molar-refractivity contribution in [1.82, 2.24) is 0 Å². The molecule has 5 rings (SSSR count). The molecule has 3 aromatic rings. The summed E-state index contributed by atoms with van der Waals surface area (Å²) in [7, 11) is 1.86. The molecule has 0 bridgehead atoms. The van der Waals surface area contributed by atoms with Crippen LogP contribution in [0, 0.1) is 0 Å². The molecule has 0 saturated heterocycles. The van der Waals surface area contributed by atoms with E-state index in [1.165, 1.54) is 11.1 Å². The first-order chi connectivity index (χ1) is 12.6. The van der Waals surface area contributed by atoms with E-state index in [1.54, 1.807) is 4.90 Å². The van der Waals surface area contributed by atoms with Crippen molar-refractivity contribution in [2.75, 3.05) is 11.9 Å². The Labute approximate surface area is 158 Å². The Morgan fingerprint density at radius 3 is 2.00 bits per heavy atom. The summed E-state index contributed by atoms with van der Waals surface area (Å²) in [6, 6.07) is 26.6. The van der Waals surface area contributed by atoms with Crippen molar-refractivity contribution in [3.63, 3.8) is 0 Å². The van der Waals surface area contributed by atoms with Gasteiger partial charge in [-0.05, 0) is 41.3 Å². The van der Waals surface area contributed by atoms with Gasteiger partial charge in [0.15, 0.2) is 0 Å². The average Bonchev–Trinajstić information content (AvgIpc) is 3.36. The lowest BCUT2D eigenvalue weighted by molar-refractivity contribution is -0.120. The molecule has 1 heterocycles. The Hall–Kier alpha value is -2.58. The van der Waals surface area contributed by atoms with E-state index in [0.717, 1.165) is 17.7 Å². The van der Waals surface area contributed by atoms with Crippen molar-refractivity contribution < 1.29 is 4.79 Å². The molecule has 1 fully saturated rings. The van der Waals surface area contributed by atoms with E-state index in [2.05, 4.69) is 24.3 Å². The van der Waals surface area contributed by atoms with Gasteiger partial charge in [0.1, 0.15) is 0 Å². The summed E-state index contributed by atoms with van der Waals surface area (Å²) < 4.78 is 0. The number of anilines is 1. The van der Waals surface area contributed by atoms with Crippen LogP contribution in [0.5, 0.6) is 0 Å². The lowest BCUT2D eigenvalue weighted by Crippen LogP contribution is -2.34. The summed E-state index contributed by atoms with van der Waals surface area (Å²) in [5, 5.41) is 0.674. The number of hydrogen-bond acceptors (Lipinski definition) is 1. The number of carbonyl (C=O) groups excluding carboxylic acids is 1. The maximum Gasteiger partial charge on any atom is 0.238 e. The highest BCUT2D eigenvalue weighted by Crippen LogP contribution is 2.72. The Morgan fingerprint density at radius 2 is 1.42 bits per heavy atom. The number of fused-ring (bicyclic) bond motifs is 2. The second kappa shape index (κ2) is 5.21. The van der Waals surface area contributed by atoms with Crippen LogP contribution in [-0.4, -0.2) is 13.0 Å². The van der Waals surface area contributed by atoms with Crippen LogP contribution in [0.25, 0.3) is 0 Å². The quantitative estimate of drug-likeness (QED) is 0.634. The monoisotopic (exact) mass is 359 g/mol. The number of benzene rings is 3. The van der Waals surface area contributed by atoms with E-state index in [4.69, 9.17) is 11.6 Å². The fourth-order valence-corrected chi connectivity index (χ4v) is 5.07. The molecule has 128 valence electrons. The molecule has 1 saturated carbocycles. The molecule has 1 amide bonds. The minimum Gasteiger partial charge on any atom is -0.314 e. The van der Waals surface area contributed by atoms with Gasteiger partial charge in [-0.2, -0.15) is 0 Å². The Balaban J connectivity index is 1.81. The number of halogens is 1. The van der Waals surface area contributed by atoms with E-state index in [9.17, 15) is 4.79 Å². The molecule has 1 spiro atoms. The van der Waals surface area contributed by atoms with Gasteiger partial charge in [0.05, 0.1) is 5.41 Å². The molecule has 2 nitrogen and oxygen atoms in total. The number of hydrogen-bond donors (Lipinski definition) is 0. The van der Waals surface area contributed by atoms with Crippen molar-refractivity contribution in [3.05, 3.63) is 101 Å². The SMILES string of the molecule is CN1C(=O)C2(CC2(c2ccccc2)c2ccccc2)c2cc(Cl)ccc21. The lowest BCUT2D eigenvalue weighted by atomic mass is 9.77. The Morgan fingerprint density at radius 1 is 0.846 bits per heavy atom. The van der Waals surface area contributed by atoms with Gasteiger partial charge in [0.2, 0.25) is 5.91 Å². The van der Waals surface area contributed by atoms with Gasteiger partial charge < -0.3 is 4.90 Å². The summed E-state index contributed by atoms with van der Waals surface area (Å²) in [5.41, 5.74) is 3.45. The summed E-state index contributed by atoms with van der Waals surface area (Å²) in [5.74, 6) is 0.155. The molecule has 1 unspecified atom stereocenters. The van der Waals surface area contributed by atoms with Crippen LogP contribution in [0.15, 0.2) is 78.9 Å². The second-order valence-corrected chi connectivity index (χ2v) is 7.68. The molecule has 1 atom stereocenters. The van der Waals surface area contributed by atoms with Crippen LogP contribution in [0.4, 0.5) is 5.69 Å². The highest BCUT2D eigenvalue weighted by molar-refractivity contribution is 6.31. The van der Waals surface area contributed by atoms with Crippen LogP contribution < -0.4 is 4.90 Å². The minimum atomic E-state index is -0.579. The standard InChI is InChI=1S/C23H18ClNO/c1-25-20-13-12-18(24)14-19(20)23(21(25)26)15-22(23,16-8-4-2-5-9-16)17-10-6-3-7-11-17/h2-14H,15H2,1H3. The van der Waals surface area contributed by atoms with Gasteiger partial charge in [-0.3, -0.25) is 4.79 Å². The van der Waals surface area contributed by atoms with Crippen LogP contribution >= 0.6 is 11.6 Å². The minimum absolute atomic E-state index is 0.155. The van der Waals surface area contributed by atoms with Gasteiger partial charge in [0.25, 0.3) is 0 Å². The Bertz CT molecular complexity index is 975. The van der Waals surface area contributed by atoms with E-state index in [0.29, 0.717) is 5.02 Å². The van der Waals surface area contributed by atoms with E-state index in [1.807, 2.05) is 61.6 Å². The third-order valence-corrected chi connectivity index (χ3v) is 6.35. The van der Waals surface area contributed by atoms with E-state index >= 15 is 0 Å². The van der Waals surface area contributed by atoms with Gasteiger partial charge in [-0.15, -0.1) is 0 Å². The summed E-state index contributed by atoms with van der Waals surface area (Å²) in [6.45, 7) is 0. The first kappa shape index (κ1) is 15.7. The molecule has 1 aliphatic carbocycles. The highest BCUT2D eigenvalue weighted by Gasteiger charge is 2.77.